The van der Waals surface area contributed by atoms with Crippen molar-refractivity contribution in [2.24, 2.45) is 0 Å². The van der Waals surface area contributed by atoms with Gasteiger partial charge < -0.3 is 9.30 Å². The van der Waals surface area contributed by atoms with Crippen LogP contribution in [0.5, 0.6) is 5.75 Å². The van der Waals surface area contributed by atoms with E-state index >= 15 is 0 Å². The van der Waals surface area contributed by atoms with E-state index < -0.39 is 10.1 Å². The molecule has 10 heteroatoms. The second-order valence-corrected chi connectivity index (χ2v) is 13.6. The first-order valence-electron chi connectivity index (χ1n) is 16.2. The summed E-state index contributed by atoms with van der Waals surface area (Å²) in [6.45, 7) is 0. The van der Waals surface area contributed by atoms with Gasteiger partial charge in [0.1, 0.15) is 10.6 Å². The number of fused-ring (bicyclic) bond motifs is 7. The van der Waals surface area contributed by atoms with Crippen molar-refractivity contribution in [3.63, 3.8) is 0 Å². The Kier molecular flexibility index (Phi) is 6.90. The molecule has 0 aliphatic heterocycles. The zero-order valence-corrected chi connectivity index (χ0v) is 27.7. The van der Waals surface area contributed by atoms with Gasteiger partial charge in [0.05, 0.1) is 29.2 Å². The van der Waals surface area contributed by atoms with Gasteiger partial charge in [-0.05, 0) is 43.2 Å². The Morgan fingerprint density at radius 3 is 1.98 bits per heavy atom. The maximum atomic E-state index is 12.6. The normalized spacial score (nSPS) is 13.4. The Morgan fingerprint density at radius 2 is 1.32 bits per heavy atom. The van der Waals surface area contributed by atoms with Gasteiger partial charge in [-0.15, -0.1) is 0 Å². The summed E-state index contributed by atoms with van der Waals surface area (Å²) in [7, 11) is -3.23. The summed E-state index contributed by atoms with van der Waals surface area (Å²) in [5, 5.41) is 3.91. The molecular weight excluding hydrogens is 647 g/mol. The highest BCUT2D eigenvalue weighted by molar-refractivity contribution is 7.86. The largest absolute Gasteiger partial charge is 0.495 e. The van der Waals surface area contributed by atoms with Crippen LogP contribution in [0.2, 0.25) is 0 Å². The van der Waals surface area contributed by atoms with Gasteiger partial charge in [-0.25, -0.2) is 4.98 Å². The first kappa shape index (κ1) is 30.0. The average Bonchev–Trinajstić information content (AvgIpc) is 3.68. The lowest BCUT2D eigenvalue weighted by molar-refractivity contribution is 0.397. The fraction of sp³-hybridized carbons (Fsp3) is 0.0750. The number of allylic oxidation sites excluding steroid dienone is 4. The molecule has 0 spiro atoms. The van der Waals surface area contributed by atoms with Crippen LogP contribution >= 0.6 is 0 Å². The number of hydrogen-bond acceptors (Lipinski definition) is 6. The Morgan fingerprint density at radius 1 is 0.680 bits per heavy atom. The topological polar surface area (TPSA) is 112 Å². The number of hydrogen-bond donors (Lipinski definition) is 1. The molecule has 0 saturated carbocycles. The van der Waals surface area contributed by atoms with Gasteiger partial charge in [0, 0.05) is 38.4 Å². The molecule has 8 aromatic rings. The van der Waals surface area contributed by atoms with E-state index in [1.54, 1.807) is 12.1 Å². The summed E-state index contributed by atoms with van der Waals surface area (Å²) in [5.41, 5.74) is 5.77. The molecule has 0 amide bonds. The number of para-hydroxylation sites is 2. The van der Waals surface area contributed by atoms with Crippen molar-refractivity contribution >= 4 is 59.3 Å². The summed E-state index contributed by atoms with van der Waals surface area (Å²) in [4.78, 5) is 14.9. The number of nitrogens with zero attached hydrogens (tertiary/aromatic N) is 5. The number of ether oxygens (including phenoxy) is 1. The zero-order valence-electron chi connectivity index (χ0n) is 26.9. The van der Waals surface area contributed by atoms with E-state index in [0.29, 0.717) is 23.3 Å². The molecule has 1 N–H and O–H groups in total. The average molecular weight is 676 g/mol. The van der Waals surface area contributed by atoms with E-state index in [-0.39, 0.29) is 10.6 Å². The molecule has 244 valence electrons. The lowest BCUT2D eigenvalue weighted by Crippen LogP contribution is -2.09. The molecular formula is C40H29N5O4S. The lowest BCUT2D eigenvalue weighted by atomic mass is 10.1. The smallest absolute Gasteiger partial charge is 0.298 e. The molecule has 1 aliphatic carbocycles. The third-order valence-electron chi connectivity index (χ3n) is 9.26. The zero-order chi connectivity index (χ0) is 34.0. The third-order valence-corrected chi connectivity index (χ3v) is 10.1. The van der Waals surface area contributed by atoms with E-state index in [1.807, 2.05) is 65.2 Å². The van der Waals surface area contributed by atoms with Crippen LogP contribution in [-0.4, -0.2) is 44.2 Å². The van der Waals surface area contributed by atoms with Gasteiger partial charge in [0.2, 0.25) is 5.95 Å². The molecule has 3 aromatic heterocycles. The third kappa shape index (κ3) is 4.72. The van der Waals surface area contributed by atoms with Gasteiger partial charge in [-0.1, -0.05) is 97.1 Å². The second-order valence-electron chi connectivity index (χ2n) is 12.2. The minimum atomic E-state index is -4.61. The van der Waals surface area contributed by atoms with Gasteiger partial charge in [0.25, 0.3) is 10.1 Å². The molecule has 50 heavy (non-hydrogen) atoms. The molecule has 9 rings (SSSR count). The van der Waals surface area contributed by atoms with E-state index in [0.717, 1.165) is 67.6 Å². The monoisotopic (exact) mass is 675 g/mol. The molecule has 0 fully saturated rings. The highest BCUT2D eigenvalue weighted by atomic mass is 32.2. The summed E-state index contributed by atoms with van der Waals surface area (Å²) < 4.78 is 44.8. The van der Waals surface area contributed by atoms with Crippen molar-refractivity contribution in [3.8, 4) is 28.8 Å². The van der Waals surface area contributed by atoms with Crippen LogP contribution in [-0.2, 0) is 10.1 Å². The van der Waals surface area contributed by atoms with Crippen LogP contribution in [0.3, 0.4) is 0 Å². The Bertz CT molecular complexity index is 2840. The summed E-state index contributed by atoms with van der Waals surface area (Å²) in [6, 6.07) is 35.1. The Balaban J connectivity index is 1.45. The predicted octanol–water partition coefficient (Wildman–Crippen LogP) is 8.72. The van der Waals surface area contributed by atoms with Crippen molar-refractivity contribution < 1.29 is 17.7 Å². The van der Waals surface area contributed by atoms with Crippen molar-refractivity contribution in [1.82, 2.24) is 24.1 Å². The molecule has 1 aliphatic rings. The standard InChI is InChI=1S/C40H29N5O4S/c1-49-34-23-20-27(24-35(34)50(46,47)48)44-32-18-10-8-16-28(32)30-21-22-31-29-17-9-11-19-33(29)45(37(31)36(30)44)40-42-38(25-12-4-2-5-13-25)41-39(43-40)26-14-6-3-7-15-26/h2,4-6,8-24H,3,7H2,1H3,(H,46,47,48). The fourth-order valence-electron chi connectivity index (χ4n) is 7.07. The van der Waals surface area contributed by atoms with Crippen LogP contribution in [0.1, 0.15) is 18.7 Å². The highest BCUT2D eigenvalue weighted by Crippen LogP contribution is 2.42. The summed E-state index contributed by atoms with van der Waals surface area (Å²) >= 11 is 0. The van der Waals surface area contributed by atoms with Crippen LogP contribution in [0.4, 0.5) is 0 Å². The first-order valence-corrected chi connectivity index (χ1v) is 17.6. The minimum Gasteiger partial charge on any atom is -0.495 e. The SMILES string of the molecule is COc1ccc(-n2c3ccccc3c3ccc4c5ccccc5n(-c5nc(C6=CCCC=C6)nc(-c6ccccc6)n5)c4c32)cc1S(=O)(=O)O. The van der Waals surface area contributed by atoms with E-state index in [9.17, 15) is 13.0 Å². The molecule has 0 radical (unpaired) electrons. The van der Waals surface area contributed by atoms with Gasteiger partial charge in [0.15, 0.2) is 11.6 Å². The van der Waals surface area contributed by atoms with Gasteiger partial charge >= 0.3 is 0 Å². The lowest BCUT2D eigenvalue weighted by Gasteiger charge is -2.15. The fourth-order valence-corrected chi connectivity index (χ4v) is 7.75. The van der Waals surface area contributed by atoms with E-state index in [1.165, 1.54) is 13.2 Å². The molecule has 5 aromatic carbocycles. The number of methoxy groups -OCH3 is 1. The number of benzene rings is 5. The number of aromatic nitrogens is 5. The maximum Gasteiger partial charge on any atom is 0.298 e. The van der Waals surface area contributed by atoms with Crippen LogP contribution in [0.25, 0.3) is 72.2 Å². The van der Waals surface area contributed by atoms with Crippen LogP contribution in [0.15, 0.2) is 132 Å². The van der Waals surface area contributed by atoms with E-state index in [4.69, 9.17) is 19.7 Å². The predicted molar refractivity (Wildman–Crippen MR) is 197 cm³/mol. The Hall–Kier alpha value is -6.10. The van der Waals surface area contributed by atoms with Crippen LogP contribution < -0.4 is 4.74 Å². The van der Waals surface area contributed by atoms with E-state index in [2.05, 4.69) is 53.1 Å². The minimum absolute atomic E-state index is 0.0495. The van der Waals surface area contributed by atoms with Gasteiger partial charge in [-0.3, -0.25) is 9.12 Å². The first-order chi connectivity index (χ1) is 24.4. The molecule has 0 bridgehead atoms. The quantitative estimate of drug-likeness (QED) is 0.176. The highest BCUT2D eigenvalue weighted by Gasteiger charge is 2.25. The van der Waals surface area contributed by atoms with Crippen molar-refractivity contribution in [1.29, 1.82) is 0 Å². The van der Waals surface area contributed by atoms with Crippen LogP contribution in [0, 0.1) is 0 Å². The van der Waals surface area contributed by atoms with Crippen molar-refractivity contribution in [2.75, 3.05) is 7.11 Å². The second kappa shape index (κ2) is 11.5. The summed E-state index contributed by atoms with van der Waals surface area (Å²) in [6.07, 6.45) is 8.23. The van der Waals surface area contributed by atoms with Crippen molar-refractivity contribution in [3.05, 3.63) is 133 Å². The molecule has 0 saturated heterocycles. The number of rotatable bonds is 6. The molecule has 0 unspecified atom stereocenters. The van der Waals surface area contributed by atoms with Gasteiger partial charge in [-0.2, -0.15) is 18.4 Å². The van der Waals surface area contributed by atoms with Crippen molar-refractivity contribution in [2.45, 2.75) is 17.7 Å². The Labute approximate surface area is 287 Å². The maximum absolute atomic E-state index is 12.6. The summed E-state index contributed by atoms with van der Waals surface area (Å²) in [5.74, 6) is 1.64. The molecule has 3 heterocycles. The molecule has 0 atom stereocenters. The molecule has 9 nitrogen and oxygen atoms in total.